The molecule has 2 aliphatic heterocycles. The number of nitrogens with zero attached hydrogens (tertiary/aromatic N) is 3. The van der Waals surface area contributed by atoms with E-state index in [4.69, 9.17) is 0 Å². The maximum Gasteiger partial charge on any atom is 0.326 e. The lowest BCUT2D eigenvalue weighted by molar-refractivity contribution is -0.117. The van der Waals surface area contributed by atoms with Gasteiger partial charge in [-0.25, -0.2) is 13.4 Å². The molecule has 0 aliphatic carbocycles. The number of hydrogen-bond donors (Lipinski definition) is 3. The third-order valence-corrected chi connectivity index (χ3v) is 6.63. The largest absolute Gasteiger partial charge is 0.506 e. The Labute approximate surface area is 167 Å². The van der Waals surface area contributed by atoms with Crippen LogP contribution in [-0.2, 0) is 28.0 Å². The van der Waals surface area contributed by atoms with Gasteiger partial charge in [-0.2, -0.15) is 13.5 Å². The molecule has 2 saturated heterocycles. The van der Waals surface area contributed by atoms with Crippen LogP contribution in [0.1, 0.15) is 24.1 Å². The molecule has 1 amide bonds. The number of benzene rings is 1. The maximum absolute atomic E-state index is 14.7. The van der Waals surface area contributed by atoms with Crippen LogP contribution in [0.2, 0.25) is 0 Å². The van der Waals surface area contributed by atoms with Crippen LogP contribution in [-0.4, -0.2) is 54.2 Å². The first kappa shape index (κ1) is 19.6. The van der Waals surface area contributed by atoms with Crippen molar-refractivity contribution in [3.63, 3.8) is 0 Å². The third kappa shape index (κ3) is 4.20. The standard InChI is InChI=1S/C18H22FN5O4S/c19-15-7-13(8-16(25)18(15)24-11-17(26)22-29(24,27)28)6-12-2-1-5-23(9-12)10-14-3-4-20-21-14/h3-4,7-8,12,25H,1-2,5-6,9-11H2,(H,20,21)(H,22,26). The molecule has 29 heavy (non-hydrogen) atoms. The van der Waals surface area contributed by atoms with Crippen molar-refractivity contribution < 1.29 is 22.7 Å². The van der Waals surface area contributed by atoms with Gasteiger partial charge in [-0.1, -0.05) is 0 Å². The second-order valence-electron chi connectivity index (χ2n) is 7.51. The summed E-state index contributed by atoms with van der Waals surface area (Å²) in [6, 6.07) is 4.55. The van der Waals surface area contributed by atoms with E-state index < -0.39 is 39.9 Å². The van der Waals surface area contributed by atoms with Crippen LogP contribution >= 0.6 is 0 Å². The van der Waals surface area contributed by atoms with E-state index in [-0.39, 0.29) is 5.92 Å². The molecule has 4 rings (SSSR count). The van der Waals surface area contributed by atoms with E-state index in [0.29, 0.717) is 16.3 Å². The fourth-order valence-electron chi connectivity index (χ4n) is 4.06. The van der Waals surface area contributed by atoms with Gasteiger partial charge in [0.2, 0.25) is 0 Å². The van der Waals surface area contributed by atoms with E-state index in [1.54, 1.807) is 10.9 Å². The predicted octanol–water partition coefficient (Wildman–Crippen LogP) is 0.890. The summed E-state index contributed by atoms with van der Waals surface area (Å²) in [4.78, 5) is 13.7. The van der Waals surface area contributed by atoms with Gasteiger partial charge >= 0.3 is 10.2 Å². The number of phenolic OH excluding ortho intramolecular Hbond substituents is 1. The zero-order valence-electron chi connectivity index (χ0n) is 15.6. The highest BCUT2D eigenvalue weighted by atomic mass is 32.2. The molecule has 1 atom stereocenters. The predicted molar refractivity (Wildman–Crippen MR) is 103 cm³/mol. The summed E-state index contributed by atoms with van der Waals surface area (Å²) in [5.74, 6) is -1.85. The van der Waals surface area contributed by atoms with Gasteiger partial charge in [-0.3, -0.25) is 14.8 Å². The Bertz CT molecular complexity index is 988. The zero-order valence-corrected chi connectivity index (χ0v) is 16.5. The quantitative estimate of drug-likeness (QED) is 0.657. The highest BCUT2D eigenvalue weighted by molar-refractivity contribution is 7.92. The zero-order chi connectivity index (χ0) is 20.6. The number of rotatable bonds is 5. The summed E-state index contributed by atoms with van der Waals surface area (Å²) in [6.45, 7) is 2.02. The van der Waals surface area contributed by atoms with Gasteiger partial charge in [0, 0.05) is 25.0 Å². The number of phenols is 1. The van der Waals surface area contributed by atoms with Crippen LogP contribution in [0.3, 0.4) is 0 Å². The summed E-state index contributed by atoms with van der Waals surface area (Å²) in [6.07, 6.45) is 4.29. The summed E-state index contributed by atoms with van der Waals surface area (Å²) < 4.78 is 40.9. The first-order valence-electron chi connectivity index (χ1n) is 9.37. The molecule has 0 saturated carbocycles. The van der Waals surface area contributed by atoms with E-state index >= 15 is 0 Å². The van der Waals surface area contributed by atoms with Gasteiger partial charge < -0.3 is 5.11 Å². The average molecular weight is 423 g/mol. The summed E-state index contributed by atoms with van der Waals surface area (Å²) >= 11 is 0. The fourth-order valence-corrected chi connectivity index (χ4v) is 5.23. The molecule has 156 valence electrons. The van der Waals surface area contributed by atoms with Gasteiger partial charge in [-0.05, 0) is 55.5 Å². The van der Waals surface area contributed by atoms with E-state index in [1.807, 2.05) is 6.07 Å². The number of piperidine rings is 1. The summed E-state index contributed by atoms with van der Waals surface area (Å²) in [5, 5.41) is 17.2. The van der Waals surface area contributed by atoms with Gasteiger partial charge in [0.05, 0.1) is 0 Å². The number of anilines is 1. The maximum atomic E-state index is 14.7. The molecule has 3 N–H and O–H groups in total. The van der Waals surface area contributed by atoms with Gasteiger partial charge in [0.25, 0.3) is 5.91 Å². The van der Waals surface area contributed by atoms with Crippen molar-refractivity contribution in [1.29, 1.82) is 0 Å². The van der Waals surface area contributed by atoms with Crippen molar-refractivity contribution in [2.24, 2.45) is 5.92 Å². The number of carbonyl (C=O) groups is 1. The molecule has 2 aromatic rings. The van der Waals surface area contributed by atoms with Crippen molar-refractivity contribution >= 4 is 21.8 Å². The Morgan fingerprint density at radius 1 is 1.34 bits per heavy atom. The van der Waals surface area contributed by atoms with E-state index in [0.717, 1.165) is 38.2 Å². The molecule has 0 radical (unpaired) electrons. The fraction of sp³-hybridized carbons (Fsp3) is 0.444. The lowest BCUT2D eigenvalue weighted by Gasteiger charge is -2.32. The molecule has 9 nitrogen and oxygen atoms in total. The summed E-state index contributed by atoms with van der Waals surface area (Å²) in [5.41, 5.74) is 1.12. The minimum atomic E-state index is -4.19. The first-order valence-corrected chi connectivity index (χ1v) is 10.8. The number of nitrogens with one attached hydrogen (secondary N) is 2. The van der Waals surface area contributed by atoms with Crippen LogP contribution in [0.5, 0.6) is 5.75 Å². The van der Waals surface area contributed by atoms with Crippen molar-refractivity contribution in [1.82, 2.24) is 19.8 Å². The topological polar surface area (TPSA) is 119 Å². The molecule has 2 aliphatic rings. The van der Waals surface area contributed by atoms with Crippen molar-refractivity contribution in [3.8, 4) is 5.75 Å². The molecule has 3 heterocycles. The van der Waals surface area contributed by atoms with Crippen molar-refractivity contribution in [3.05, 3.63) is 41.5 Å². The number of likely N-dealkylation sites (tertiary alicyclic amines) is 1. The molecule has 0 spiro atoms. The number of H-pyrrole nitrogens is 1. The van der Waals surface area contributed by atoms with Crippen molar-refractivity contribution in [2.45, 2.75) is 25.8 Å². The Kier molecular flexibility index (Phi) is 5.17. The summed E-state index contributed by atoms with van der Waals surface area (Å²) in [7, 11) is -4.19. The van der Waals surface area contributed by atoms with Gasteiger partial charge in [0.15, 0.2) is 5.82 Å². The van der Waals surface area contributed by atoms with Crippen LogP contribution in [0.15, 0.2) is 24.4 Å². The minimum absolute atomic E-state index is 0.287. The van der Waals surface area contributed by atoms with Crippen LogP contribution in [0, 0.1) is 11.7 Å². The van der Waals surface area contributed by atoms with Crippen LogP contribution in [0.25, 0.3) is 0 Å². The first-order chi connectivity index (χ1) is 13.8. The molecular weight excluding hydrogens is 401 g/mol. The van der Waals surface area contributed by atoms with E-state index in [9.17, 15) is 22.7 Å². The smallest absolute Gasteiger partial charge is 0.326 e. The molecule has 2 fully saturated rings. The van der Waals surface area contributed by atoms with Gasteiger partial charge in [0.1, 0.15) is 18.0 Å². The number of amides is 1. The highest BCUT2D eigenvalue weighted by Crippen LogP contribution is 2.35. The second-order valence-corrected chi connectivity index (χ2v) is 9.11. The van der Waals surface area contributed by atoms with E-state index in [2.05, 4.69) is 15.1 Å². The molecule has 1 aromatic heterocycles. The normalized spacial score (nSPS) is 22.0. The molecular formula is C18H22FN5O4S. The Balaban J connectivity index is 1.48. The van der Waals surface area contributed by atoms with Crippen LogP contribution < -0.4 is 9.03 Å². The molecule has 1 aromatic carbocycles. The molecule has 11 heteroatoms. The van der Waals surface area contributed by atoms with Crippen molar-refractivity contribution in [2.75, 3.05) is 23.9 Å². The lowest BCUT2D eigenvalue weighted by atomic mass is 9.91. The number of aromatic amines is 1. The average Bonchev–Trinajstić information content (AvgIpc) is 3.22. The number of aromatic nitrogens is 2. The Hall–Kier alpha value is -2.66. The Morgan fingerprint density at radius 3 is 2.83 bits per heavy atom. The minimum Gasteiger partial charge on any atom is -0.506 e. The van der Waals surface area contributed by atoms with E-state index in [1.165, 1.54) is 12.1 Å². The van der Waals surface area contributed by atoms with Gasteiger partial charge in [-0.15, -0.1) is 0 Å². The Morgan fingerprint density at radius 2 is 2.17 bits per heavy atom. The number of hydrogen-bond acceptors (Lipinski definition) is 6. The second kappa shape index (κ2) is 7.64. The molecule has 1 unspecified atom stereocenters. The highest BCUT2D eigenvalue weighted by Gasteiger charge is 2.37. The number of aromatic hydroxyl groups is 1. The third-order valence-electron chi connectivity index (χ3n) is 5.25. The van der Waals surface area contributed by atoms with Crippen LogP contribution in [0.4, 0.5) is 10.1 Å². The SMILES string of the molecule is O=C1CN(c2c(O)cc(CC3CCCN(Cc4ccn[nH]4)C3)cc2F)S(=O)(=O)N1. The molecule has 0 bridgehead atoms. The number of carbonyl (C=O) groups excluding carboxylic acids is 1. The lowest BCUT2D eigenvalue weighted by Crippen LogP contribution is -2.35. The number of halogens is 1. The monoisotopic (exact) mass is 423 g/mol.